The highest BCUT2D eigenvalue weighted by Crippen LogP contribution is 2.15. The fraction of sp³-hybridized carbons (Fsp3) is 0.231. The first-order chi connectivity index (χ1) is 8.97. The molecule has 0 saturated heterocycles. The fourth-order valence-corrected chi connectivity index (χ4v) is 1.62. The van der Waals surface area contributed by atoms with E-state index in [4.69, 9.17) is 0 Å². The number of aryl methyl sites for hydroxylation is 1. The molecule has 1 amide bonds. The number of aromatic amines is 1. The molecule has 1 aromatic heterocycles. The van der Waals surface area contributed by atoms with E-state index in [1.54, 1.807) is 0 Å². The molecule has 4 nitrogen and oxygen atoms in total. The number of carbonyl (C=O) groups excluding carboxylic acids is 1. The summed E-state index contributed by atoms with van der Waals surface area (Å²) in [6.45, 7) is 3.67. The number of nitrogens with zero attached hydrogens (tertiary/aromatic N) is 1. The third kappa shape index (κ3) is 2.96. The maximum Gasteiger partial charge on any atom is 0.230 e. The van der Waals surface area contributed by atoms with E-state index in [0.717, 1.165) is 23.4 Å². The molecule has 2 N–H and O–H groups in total. The molecular weight excluding hydrogens is 252 g/mol. The van der Waals surface area contributed by atoms with Crippen LogP contribution in [-0.2, 0) is 11.2 Å². The number of hydrogen-bond donors (Lipinski definition) is 2. The Morgan fingerprint density at radius 2 is 2.05 bits per heavy atom. The first kappa shape index (κ1) is 13.2. The second-order valence-electron chi connectivity index (χ2n) is 4.30. The van der Waals surface area contributed by atoms with Crippen LogP contribution in [0.15, 0.2) is 18.2 Å². The van der Waals surface area contributed by atoms with Gasteiger partial charge in [0.2, 0.25) is 5.91 Å². The molecule has 19 heavy (non-hydrogen) atoms. The fourth-order valence-electron chi connectivity index (χ4n) is 1.62. The number of H-pyrrole nitrogens is 1. The number of benzene rings is 1. The molecule has 0 aliphatic carbocycles. The van der Waals surface area contributed by atoms with E-state index in [1.165, 1.54) is 6.07 Å². The van der Waals surface area contributed by atoms with E-state index in [1.807, 2.05) is 13.8 Å². The highest BCUT2D eigenvalue weighted by molar-refractivity contribution is 5.92. The van der Waals surface area contributed by atoms with Crippen molar-refractivity contribution in [3.8, 4) is 0 Å². The van der Waals surface area contributed by atoms with Crippen LogP contribution in [0.3, 0.4) is 0 Å². The van der Waals surface area contributed by atoms with Crippen molar-refractivity contribution in [2.45, 2.75) is 20.3 Å². The zero-order valence-electron chi connectivity index (χ0n) is 10.6. The van der Waals surface area contributed by atoms with Crippen LogP contribution >= 0.6 is 0 Å². The maximum atomic E-state index is 13.0. The Hall–Kier alpha value is -2.24. The van der Waals surface area contributed by atoms with Crippen LogP contribution < -0.4 is 5.32 Å². The number of carbonyl (C=O) groups is 1. The van der Waals surface area contributed by atoms with Crippen LogP contribution in [0.5, 0.6) is 0 Å². The summed E-state index contributed by atoms with van der Waals surface area (Å²) in [5.74, 6) is -1.77. The lowest BCUT2D eigenvalue weighted by Crippen LogP contribution is -2.15. The average molecular weight is 265 g/mol. The minimum absolute atomic E-state index is 0.0391. The maximum absolute atomic E-state index is 13.0. The Morgan fingerprint density at radius 3 is 2.63 bits per heavy atom. The summed E-state index contributed by atoms with van der Waals surface area (Å²) in [4.78, 5) is 11.8. The van der Waals surface area contributed by atoms with Gasteiger partial charge in [-0.05, 0) is 31.5 Å². The van der Waals surface area contributed by atoms with Gasteiger partial charge in [-0.2, -0.15) is 5.10 Å². The lowest BCUT2D eigenvalue weighted by atomic mass is 10.1. The second kappa shape index (κ2) is 5.17. The predicted molar refractivity (Wildman–Crippen MR) is 66.8 cm³/mol. The van der Waals surface area contributed by atoms with Gasteiger partial charge < -0.3 is 5.32 Å². The van der Waals surface area contributed by atoms with Crippen LogP contribution in [0.4, 0.5) is 14.6 Å². The molecule has 0 saturated carbocycles. The summed E-state index contributed by atoms with van der Waals surface area (Å²) < 4.78 is 25.7. The van der Waals surface area contributed by atoms with Gasteiger partial charge in [-0.15, -0.1) is 0 Å². The number of rotatable bonds is 3. The molecule has 0 unspecified atom stereocenters. The minimum atomic E-state index is -0.961. The lowest BCUT2D eigenvalue weighted by Gasteiger charge is -2.04. The Balaban J connectivity index is 2.05. The van der Waals surface area contributed by atoms with Crippen molar-refractivity contribution >= 4 is 11.7 Å². The van der Waals surface area contributed by atoms with Gasteiger partial charge in [0.05, 0.1) is 6.42 Å². The molecular formula is C13H13F2N3O. The van der Waals surface area contributed by atoms with Crippen LogP contribution in [0.1, 0.15) is 16.8 Å². The standard InChI is InChI=1S/C13H13F2N3O/c1-7-8(2)17-18-13(7)16-12(19)6-9-3-4-10(14)11(15)5-9/h3-5H,6H2,1-2H3,(H2,16,17,18,19). The smallest absolute Gasteiger partial charge is 0.230 e. The molecule has 0 aliphatic heterocycles. The van der Waals surface area contributed by atoms with Crippen LogP contribution in [-0.4, -0.2) is 16.1 Å². The number of aromatic nitrogens is 2. The van der Waals surface area contributed by atoms with Crippen molar-refractivity contribution in [3.05, 3.63) is 46.7 Å². The van der Waals surface area contributed by atoms with E-state index in [2.05, 4.69) is 15.5 Å². The molecule has 0 bridgehead atoms. The molecule has 6 heteroatoms. The highest BCUT2D eigenvalue weighted by atomic mass is 19.2. The van der Waals surface area contributed by atoms with Gasteiger partial charge in [0.25, 0.3) is 0 Å². The third-order valence-corrected chi connectivity index (χ3v) is 2.86. The molecule has 0 radical (unpaired) electrons. The Labute approximate surface area is 108 Å². The normalized spacial score (nSPS) is 10.5. The zero-order chi connectivity index (χ0) is 14.0. The molecule has 0 atom stereocenters. The molecule has 1 aromatic carbocycles. The zero-order valence-corrected chi connectivity index (χ0v) is 10.6. The van der Waals surface area contributed by atoms with Crippen LogP contribution in [0.25, 0.3) is 0 Å². The number of nitrogens with one attached hydrogen (secondary N) is 2. The molecule has 100 valence electrons. The van der Waals surface area contributed by atoms with Crippen molar-refractivity contribution in [1.29, 1.82) is 0 Å². The number of halogens is 2. The summed E-state index contributed by atoms with van der Waals surface area (Å²) in [5.41, 5.74) is 2.11. The van der Waals surface area contributed by atoms with Crippen molar-refractivity contribution in [3.63, 3.8) is 0 Å². The summed E-state index contributed by atoms with van der Waals surface area (Å²) in [6.07, 6.45) is -0.0391. The van der Waals surface area contributed by atoms with Gasteiger partial charge in [0.15, 0.2) is 17.5 Å². The predicted octanol–water partition coefficient (Wildman–Crippen LogP) is 2.49. The SMILES string of the molecule is Cc1[nH]nc(NC(=O)Cc2ccc(F)c(F)c2)c1C. The molecule has 0 fully saturated rings. The first-order valence-corrected chi connectivity index (χ1v) is 5.72. The summed E-state index contributed by atoms with van der Waals surface area (Å²) in [5, 5.41) is 9.30. The van der Waals surface area contributed by atoms with E-state index in [-0.39, 0.29) is 12.3 Å². The van der Waals surface area contributed by atoms with Gasteiger partial charge in [-0.3, -0.25) is 9.89 Å². The highest BCUT2D eigenvalue weighted by Gasteiger charge is 2.11. The number of amides is 1. The van der Waals surface area contributed by atoms with Crippen LogP contribution in [0.2, 0.25) is 0 Å². The molecule has 0 aliphatic rings. The third-order valence-electron chi connectivity index (χ3n) is 2.86. The van der Waals surface area contributed by atoms with Crippen molar-refractivity contribution < 1.29 is 13.6 Å². The van der Waals surface area contributed by atoms with Crippen molar-refractivity contribution in [1.82, 2.24) is 10.2 Å². The largest absolute Gasteiger partial charge is 0.309 e. The van der Waals surface area contributed by atoms with Gasteiger partial charge in [-0.25, -0.2) is 8.78 Å². The Kier molecular flexibility index (Phi) is 3.59. The van der Waals surface area contributed by atoms with Crippen molar-refractivity contribution in [2.75, 3.05) is 5.32 Å². The number of hydrogen-bond acceptors (Lipinski definition) is 2. The molecule has 1 heterocycles. The van der Waals surface area contributed by atoms with E-state index >= 15 is 0 Å². The Bertz CT molecular complexity index is 622. The number of anilines is 1. The topological polar surface area (TPSA) is 57.8 Å². The van der Waals surface area contributed by atoms with Gasteiger partial charge in [0.1, 0.15) is 0 Å². The van der Waals surface area contributed by atoms with Crippen LogP contribution in [0, 0.1) is 25.5 Å². The monoisotopic (exact) mass is 265 g/mol. The van der Waals surface area contributed by atoms with Gasteiger partial charge >= 0.3 is 0 Å². The summed E-state index contributed by atoms with van der Waals surface area (Å²) in [6, 6.07) is 3.39. The lowest BCUT2D eigenvalue weighted by molar-refractivity contribution is -0.115. The summed E-state index contributed by atoms with van der Waals surface area (Å²) in [7, 11) is 0. The summed E-state index contributed by atoms with van der Waals surface area (Å²) >= 11 is 0. The minimum Gasteiger partial charge on any atom is -0.309 e. The average Bonchev–Trinajstić information content (AvgIpc) is 2.66. The van der Waals surface area contributed by atoms with E-state index in [0.29, 0.717) is 11.4 Å². The quantitative estimate of drug-likeness (QED) is 0.895. The van der Waals surface area contributed by atoms with E-state index in [9.17, 15) is 13.6 Å². The molecule has 0 spiro atoms. The molecule has 2 aromatic rings. The van der Waals surface area contributed by atoms with Crippen molar-refractivity contribution in [2.24, 2.45) is 0 Å². The first-order valence-electron chi connectivity index (χ1n) is 5.72. The van der Waals surface area contributed by atoms with Gasteiger partial charge in [0, 0.05) is 11.3 Å². The second-order valence-corrected chi connectivity index (χ2v) is 4.30. The van der Waals surface area contributed by atoms with E-state index < -0.39 is 11.6 Å². The molecule has 2 rings (SSSR count). The Morgan fingerprint density at radius 1 is 1.32 bits per heavy atom. The van der Waals surface area contributed by atoms with Gasteiger partial charge in [-0.1, -0.05) is 6.07 Å².